The smallest absolute Gasteiger partial charge is 0.317 e. The predicted octanol–water partition coefficient (Wildman–Crippen LogP) is 1.48. The third kappa shape index (κ3) is 4.68. The van der Waals surface area contributed by atoms with Crippen LogP contribution in [0.25, 0.3) is 0 Å². The molecule has 2 N–H and O–H groups in total. The predicted molar refractivity (Wildman–Crippen MR) is 84.6 cm³/mol. The third-order valence-corrected chi connectivity index (χ3v) is 6.42. The first-order valence-corrected chi connectivity index (χ1v) is 9.48. The summed E-state index contributed by atoms with van der Waals surface area (Å²) in [5, 5.41) is 13.0. The van der Waals surface area contributed by atoms with Crippen LogP contribution in [0.5, 0.6) is 0 Å². The third-order valence-electron chi connectivity index (χ3n) is 4.61. The van der Waals surface area contributed by atoms with Crippen molar-refractivity contribution in [2.75, 3.05) is 19.3 Å². The molecule has 0 spiro atoms. The average molecular weight is 316 g/mol. The maximum atomic E-state index is 12.3. The number of likely N-dealkylation sites (N-methyl/N-ethyl adjacent to an activating group) is 1. The number of urea groups is 1. The van der Waals surface area contributed by atoms with Crippen LogP contribution in [0.15, 0.2) is 0 Å². The first kappa shape index (κ1) is 16.7. The van der Waals surface area contributed by atoms with Crippen LogP contribution in [0.2, 0.25) is 0 Å². The Labute approximate surface area is 129 Å². The van der Waals surface area contributed by atoms with Crippen LogP contribution in [0.3, 0.4) is 0 Å². The van der Waals surface area contributed by atoms with E-state index in [1.807, 2.05) is 6.92 Å². The van der Waals surface area contributed by atoms with E-state index in [1.165, 1.54) is 0 Å². The topological polar surface area (TPSA) is 69.6 Å². The van der Waals surface area contributed by atoms with Crippen LogP contribution in [0.4, 0.5) is 4.79 Å². The van der Waals surface area contributed by atoms with E-state index in [4.69, 9.17) is 0 Å². The van der Waals surface area contributed by atoms with E-state index in [1.54, 1.807) is 11.9 Å². The summed E-state index contributed by atoms with van der Waals surface area (Å²) in [7, 11) is 0.854. The standard InChI is InChI=1S/C15H28N2O3S/c1-3-21(20)14-7-5-4-6-12(14)16-15(19)17(2)10-13(18)11-8-9-11/h11-14,18H,3-10H2,1-2H3,(H,16,19). The van der Waals surface area contributed by atoms with Gasteiger partial charge in [-0.1, -0.05) is 19.8 Å². The molecule has 2 saturated carbocycles. The van der Waals surface area contributed by atoms with E-state index >= 15 is 0 Å². The lowest BCUT2D eigenvalue weighted by Crippen LogP contribution is -2.52. The van der Waals surface area contributed by atoms with Crippen molar-refractivity contribution in [1.29, 1.82) is 0 Å². The first-order chi connectivity index (χ1) is 10.0. The molecule has 0 radical (unpaired) electrons. The van der Waals surface area contributed by atoms with Gasteiger partial charge in [-0.05, 0) is 31.6 Å². The summed E-state index contributed by atoms with van der Waals surface area (Å²) in [6.45, 7) is 2.31. The molecule has 5 nitrogen and oxygen atoms in total. The normalized spacial score (nSPS) is 28.7. The number of rotatable bonds is 6. The van der Waals surface area contributed by atoms with Gasteiger partial charge in [0, 0.05) is 36.2 Å². The SMILES string of the molecule is CCS(=O)C1CCCCC1NC(=O)N(C)CC(O)C1CC1. The summed E-state index contributed by atoms with van der Waals surface area (Å²) >= 11 is 0. The Morgan fingerprint density at radius 3 is 2.62 bits per heavy atom. The van der Waals surface area contributed by atoms with Crippen LogP contribution >= 0.6 is 0 Å². The van der Waals surface area contributed by atoms with Crippen molar-refractivity contribution in [3.63, 3.8) is 0 Å². The second-order valence-corrected chi connectivity index (χ2v) is 8.28. The lowest BCUT2D eigenvalue weighted by Gasteiger charge is -2.33. The van der Waals surface area contributed by atoms with Gasteiger partial charge < -0.3 is 15.3 Å². The van der Waals surface area contributed by atoms with E-state index in [0.717, 1.165) is 38.5 Å². The zero-order valence-corrected chi connectivity index (χ0v) is 13.9. The van der Waals surface area contributed by atoms with Gasteiger partial charge in [0.25, 0.3) is 0 Å². The van der Waals surface area contributed by atoms with Crippen molar-refractivity contribution in [2.45, 2.75) is 62.8 Å². The number of nitrogens with zero attached hydrogens (tertiary/aromatic N) is 1. The molecular weight excluding hydrogens is 288 g/mol. The van der Waals surface area contributed by atoms with Crippen molar-refractivity contribution < 1.29 is 14.1 Å². The zero-order chi connectivity index (χ0) is 15.4. The van der Waals surface area contributed by atoms with Gasteiger partial charge in [0.05, 0.1) is 11.4 Å². The summed E-state index contributed by atoms with van der Waals surface area (Å²) in [5.41, 5.74) is 0. The number of carbonyl (C=O) groups is 1. The fourth-order valence-electron chi connectivity index (χ4n) is 3.05. The van der Waals surface area contributed by atoms with E-state index in [-0.39, 0.29) is 17.3 Å². The molecule has 2 aliphatic rings. The summed E-state index contributed by atoms with van der Waals surface area (Å²) in [5.74, 6) is 1.02. The van der Waals surface area contributed by atoms with Gasteiger partial charge in [0.15, 0.2) is 0 Å². The molecule has 0 aromatic rings. The van der Waals surface area contributed by atoms with Crippen molar-refractivity contribution >= 4 is 16.8 Å². The Kier molecular flexibility index (Phi) is 6.05. The molecule has 0 aromatic heterocycles. The summed E-state index contributed by atoms with van der Waals surface area (Å²) in [4.78, 5) is 13.8. The summed E-state index contributed by atoms with van der Waals surface area (Å²) < 4.78 is 12.1. The Morgan fingerprint density at radius 1 is 1.33 bits per heavy atom. The lowest BCUT2D eigenvalue weighted by molar-refractivity contribution is 0.112. The number of hydrogen-bond acceptors (Lipinski definition) is 3. The highest BCUT2D eigenvalue weighted by molar-refractivity contribution is 7.85. The molecule has 21 heavy (non-hydrogen) atoms. The molecule has 2 rings (SSSR count). The highest BCUT2D eigenvalue weighted by Crippen LogP contribution is 2.32. The molecule has 122 valence electrons. The Bertz CT molecular complexity index is 387. The monoisotopic (exact) mass is 316 g/mol. The average Bonchev–Trinajstić information content (AvgIpc) is 3.31. The van der Waals surface area contributed by atoms with E-state index in [2.05, 4.69) is 5.32 Å². The molecule has 2 fully saturated rings. The van der Waals surface area contributed by atoms with Gasteiger partial charge in [-0.15, -0.1) is 0 Å². The van der Waals surface area contributed by atoms with Gasteiger partial charge in [0.1, 0.15) is 0 Å². The number of amides is 2. The van der Waals surface area contributed by atoms with E-state index in [0.29, 0.717) is 18.2 Å². The van der Waals surface area contributed by atoms with Crippen molar-refractivity contribution in [3.05, 3.63) is 0 Å². The second-order valence-electron chi connectivity index (χ2n) is 6.33. The molecule has 0 aromatic carbocycles. The van der Waals surface area contributed by atoms with Gasteiger partial charge in [-0.25, -0.2) is 4.79 Å². The van der Waals surface area contributed by atoms with Crippen LogP contribution in [0, 0.1) is 5.92 Å². The maximum Gasteiger partial charge on any atom is 0.317 e. The molecule has 4 unspecified atom stereocenters. The minimum Gasteiger partial charge on any atom is -0.391 e. The number of hydrogen-bond donors (Lipinski definition) is 2. The molecular formula is C15H28N2O3S. The Balaban J connectivity index is 1.85. The first-order valence-electron chi connectivity index (χ1n) is 8.09. The Morgan fingerprint density at radius 2 is 2.00 bits per heavy atom. The molecule has 0 bridgehead atoms. The minimum atomic E-state index is -0.864. The van der Waals surface area contributed by atoms with Crippen LogP contribution in [-0.4, -0.2) is 57.0 Å². The second kappa shape index (κ2) is 7.58. The molecule has 0 aliphatic heterocycles. The lowest BCUT2D eigenvalue weighted by atomic mass is 9.95. The van der Waals surface area contributed by atoms with Crippen molar-refractivity contribution in [3.8, 4) is 0 Å². The molecule has 0 heterocycles. The Hall–Kier alpha value is -0.620. The van der Waals surface area contributed by atoms with Gasteiger partial charge in [-0.3, -0.25) is 4.21 Å². The summed E-state index contributed by atoms with van der Waals surface area (Å²) in [6.07, 6.45) is 5.73. The van der Waals surface area contributed by atoms with Gasteiger partial charge in [-0.2, -0.15) is 0 Å². The number of aliphatic hydroxyl groups excluding tert-OH is 1. The fourth-order valence-corrected chi connectivity index (χ4v) is 4.48. The van der Waals surface area contributed by atoms with Crippen molar-refractivity contribution in [2.24, 2.45) is 5.92 Å². The molecule has 4 atom stereocenters. The summed E-state index contributed by atoms with van der Waals surface area (Å²) in [6, 6.07) is -0.146. The fraction of sp³-hybridized carbons (Fsp3) is 0.933. The maximum absolute atomic E-state index is 12.3. The van der Waals surface area contributed by atoms with Gasteiger partial charge >= 0.3 is 6.03 Å². The van der Waals surface area contributed by atoms with E-state index in [9.17, 15) is 14.1 Å². The van der Waals surface area contributed by atoms with Gasteiger partial charge in [0.2, 0.25) is 0 Å². The highest BCUT2D eigenvalue weighted by Gasteiger charge is 2.33. The highest BCUT2D eigenvalue weighted by atomic mass is 32.2. The quantitative estimate of drug-likeness (QED) is 0.780. The van der Waals surface area contributed by atoms with Crippen LogP contribution in [-0.2, 0) is 10.8 Å². The van der Waals surface area contributed by atoms with Crippen LogP contribution < -0.4 is 5.32 Å². The largest absolute Gasteiger partial charge is 0.391 e. The van der Waals surface area contributed by atoms with Crippen molar-refractivity contribution in [1.82, 2.24) is 10.2 Å². The van der Waals surface area contributed by atoms with E-state index < -0.39 is 16.9 Å². The number of nitrogens with one attached hydrogen (secondary N) is 1. The zero-order valence-electron chi connectivity index (χ0n) is 13.1. The molecule has 6 heteroatoms. The number of aliphatic hydroxyl groups is 1. The number of carbonyl (C=O) groups excluding carboxylic acids is 1. The molecule has 2 amide bonds. The molecule has 0 saturated heterocycles. The minimum absolute atomic E-state index is 0.00699. The van der Waals surface area contributed by atoms with Crippen LogP contribution in [0.1, 0.15) is 45.4 Å². The molecule has 2 aliphatic carbocycles.